The number of nitrogens with zero attached hydrogens (tertiary/aromatic N) is 2. The second-order valence-electron chi connectivity index (χ2n) is 7.87. The fourth-order valence-corrected chi connectivity index (χ4v) is 3.32. The van der Waals surface area contributed by atoms with Gasteiger partial charge in [-0.1, -0.05) is 15.9 Å². The average molecular weight is 444 g/mol. The summed E-state index contributed by atoms with van der Waals surface area (Å²) in [6.07, 6.45) is 1.38. The molecule has 1 aliphatic heterocycles. The standard InChI is InChI=1S/C19H27BrFN3O3/c1-19(2,3)27-18(26)23(4)11-13-6-5-9-24(12-13)17(25)22-16-8-7-14(20)10-15(16)21/h7-8,10,13H,5-6,9,11-12H2,1-4H3,(H,22,25). The van der Waals surface area contributed by atoms with Gasteiger partial charge < -0.3 is 19.9 Å². The molecule has 1 atom stereocenters. The molecule has 0 spiro atoms. The summed E-state index contributed by atoms with van der Waals surface area (Å²) < 4.78 is 19.9. The Labute approximate surface area is 168 Å². The predicted molar refractivity (Wildman–Crippen MR) is 106 cm³/mol. The highest BCUT2D eigenvalue weighted by Gasteiger charge is 2.27. The zero-order chi connectivity index (χ0) is 20.2. The molecule has 27 heavy (non-hydrogen) atoms. The fraction of sp³-hybridized carbons (Fsp3) is 0.579. The van der Waals surface area contributed by atoms with Crippen LogP contribution in [0.4, 0.5) is 19.7 Å². The summed E-state index contributed by atoms with van der Waals surface area (Å²) in [6.45, 7) is 7.10. The molecule has 1 heterocycles. The number of halogens is 2. The lowest BCUT2D eigenvalue weighted by Crippen LogP contribution is -2.46. The number of carbonyl (C=O) groups is 2. The molecule has 1 aromatic rings. The van der Waals surface area contributed by atoms with Crippen LogP contribution in [-0.4, -0.2) is 54.2 Å². The van der Waals surface area contributed by atoms with E-state index >= 15 is 0 Å². The van der Waals surface area contributed by atoms with E-state index in [1.54, 1.807) is 22.9 Å². The molecule has 1 N–H and O–H groups in total. The van der Waals surface area contributed by atoms with Gasteiger partial charge in [-0.15, -0.1) is 0 Å². The van der Waals surface area contributed by atoms with Gasteiger partial charge in [0.2, 0.25) is 0 Å². The van der Waals surface area contributed by atoms with Crippen LogP contribution >= 0.6 is 15.9 Å². The third-order valence-corrected chi connectivity index (χ3v) is 4.71. The SMILES string of the molecule is CN(CC1CCCN(C(=O)Nc2ccc(Br)cc2F)C1)C(=O)OC(C)(C)C. The zero-order valence-electron chi connectivity index (χ0n) is 16.2. The molecule has 150 valence electrons. The number of anilines is 1. The number of likely N-dealkylation sites (tertiary alicyclic amines) is 1. The number of hydrogen-bond acceptors (Lipinski definition) is 3. The Morgan fingerprint density at radius 1 is 1.41 bits per heavy atom. The van der Waals surface area contributed by atoms with Crippen LogP contribution in [0.5, 0.6) is 0 Å². The molecule has 1 fully saturated rings. The molecule has 8 heteroatoms. The molecule has 6 nitrogen and oxygen atoms in total. The van der Waals surface area contributed by atoms with Crippen LogP contribution in [-0.2, 0) is 4.74 Å². The van der Waals surface area contributed by atoms with Crippen LogP contribution in [0.15, 0.2) is 22.7 Å². The normalized spacial score (nSPS) is 17.4. The monoisotopic (exact) mass is 443 g/mol. The first-order valence-electron chi connectivity index (χ1n) is 9.00. The van der Waals surface area contributed by atoms with Crippen molar-refractivity contribution in [3.63, 3.8) is 0 Å². The molecule has 0 radical (unpaired) electrons. The van der Waals surface area contributed by atoms with Gasteiger partial charge in [-0.3, -0.25) is 0 Å². The number of rotatable bonds is 3. The summed E-state index contributed by atoms with van der Waals surface area (Å²) >= 11 is 3.19. The predicted octanol–water partition coefficient (Wildman–Crippen LogP) is 4.70. The van der Waals surface area contributed by atoms with Crippen molar-refractivity contribution < 1.29 is 18.7 Å². The molecular weight excluding hydrogens is 417 g/mol. The smallest absolute Gasteiger partial charge is 0.410 e. The maximum absolute atomic E-state index is 13.9. The molecule has 2 rings (SSSR count). The molecule has 1 aliphatic rings. The number of piperidine rings is 1. The van der Waals surface area contributed by atoms with Crippen LogP contribution in [0.3, 0.4) is 0 Å². The van der Waals surface area contributed by atoms with Crippen LogP contribution < -0.4 is 5.32 Å². The Hall–Kier alpha value is -1.83. The number of nitrogens with one attached hydrogen (secondary N) is 1. The summed E-state index contributed by atoms with van der Waals surface area (Å²) in [5, 5.41) is 2.62. The van der Waals surface area contributed by atoms with Gasteiger partial charge in [-0.05, 0) is 57.7 Å². The van der Waals surface area contributed by atoms with E-state index in [2.05, 4.69) is 21.2 Å². The van der Waals surface area contributed by atoms with E-state index in [1.165, 1.54) is 12.1 Å². The van der Waals surface area contributed by atoms with Gasteiger partial charge in [0.15, 0.2) is 0 Å². The number of carbonyl (C=O) groups excluding carboxylic acids is 2. The minimum Gasteiger partial charge on any atom is -0.444 e. The summed E-state index contributed by atoms with van der Waals surface area (Å²) in [5.74, 6) is -0.340. The largest absolute Gasteiger partial charge is 0.444 e. The van der Waals surface area contributed by atoms with Crippen LogP contribution in [0.2, 0.25) is 0 Å². The highest BCUT2D eigenvalue weighted by atomic mass is 79.9. The van der Waals surface area contributed by atoms with Gasteiger partial charge in [-0.2, -0.15) is 0 Å². The van der Waals surface area contributed by atoms with Crippen molar-refractivity contribution in [1.82, 2.24) is 9.80 Å². The van der Waals surface area contributed by atoms with Crippen LogP contribution in [0.1, 0.15) is 33.6 Å². The number of amides is 3. The molecule has 0 saturated carbocycles. The van der Waals surface area contributed by atoms with Crippen molar-refractivity contribution in [1.29, 1.82) is 0 Å². The first-order valence-corrected chi connectivity index (χ1v) is 9.79. The lowest BCUT2D eigenvalue weighted by molar-refractivity contribution is 0.0253. The molecule has 0 bridgehead atoms. The first-order chi connectivity index (χ1) is 12.5. The third-order valence-electron chi connectivity index (χ3n) is 4.22. The second-order valence-corrected chi connectivity index (χ2v) is 8.79. The topological polar surface area (TPSA) is 61.9 Å². The Balaban J connectivity index is 1.91. The van der Waals surface area contributed by atoms with Gasteiger partial charge in [0.25, 0.3) is 0 Å². The molecule has 1 unspecified atom stereocenters. The zero-order valence-corrected chi connectivity index (χ0v) is 17.8. The van der Waals surface area contributed by atoms with Gasteiger partial charge in [0, 0.05) is 31.2 Å². The number of hydrogen-bond donors (Lipinski definition) is 1. The highest BCUT2D eigenvalue weighted by molar-refractivity contribution is 9.10. The van der Waals surface area contributed by atoms with Crippen molar-refractivity contribution >= 4 is 33.7 Å². The molecule has 1 aromatic carbocycles. The molecule has 0 aliphatic carbocycles. The van der Waals surface area contributed by atoms with E-state index < -0.39 is 11.4 Å². The Bertz CT molecular complexity index is 693. The minimum absolute atomic E-state index is 0.149. The van der Waals surface area contributed by atoms with Crippen molar-refractivity contribution in [3.8, 4) is 0 Å². The minimum atomic E-state index is -0.543. The molecule has 3 amide bonds. The summed E-state index contributed by atoms with van der Waals surface area (Å²) in [5.41, 5.74) is -0.394. The Kier molecular flexibility index (Phi) is 7.08. The van der Waals surface area contributed by atoms with Gasteiger partial charge in [-0.25, -0.2) is 14.0 Å². The lowest BCUT2D eigenvalue weighted by atomic mass is 9.98. The van der Waals surface area contributed by atoms with E-state index in [1.807, 2.05) is 20.8 Å². The fourth-order valence-electron chi connectivity index (χ4n) is 2.99. The van der Waals surface area contributed by atoms with E-state index in [0.29, 0.717) is 24.1 Å². The molecule has 1 saturated heterocycles. The Morgan fingerprint density at radius 3 is 2.74 bits per heavy atom. The number of ether oxygens (including phenoxy) is 1. The third kappa shape index (κ3) is 6.68. The van der Waals surface area contributed by atoms with Crippen molar-refractivity contribution in [2.24, 2.45) is 5.92 Å². The van der Waals surface area contributed by atoms with Crippen LogP contribution in [0.25, 0.3) is 0 Å². The quantitative estimate of drug-likeness (QED) is 0.736. The van der Waals surface area contributed by atoms with E-state index in [4.69, 9.17) is 4.74 Å². The summed E-state index contributed by atoms with van der Waals surface area (Å²) in [4.78, 5) is 27.8. The van der Waals surface area contributed by atoms with Gasteiger partial charge in [0.1, 0.15) is 11.4 Å². The summed E-state index contributed by atoms with van der Waals surface area (Å²) in [7, 11) is 1.70. The molecule has 0 aromatic heterocycles. The van der Waals surface area contributed by atoms with E-state index in [9.17, 15) is 14.0 Å². The first kappa shape index (κ1) is 21.5. The van der Waals surface area contributed by atoms with Crippen LogP contribution in [0, 0.1) is 11.7 Å². The van der Waals surface area contributed by atoms with E-state index in [-0.39, 0.29) is 23.7 Å². The maximum atomic E-state index is 13.9. The molecular formula is C19H27BrFN3O3. The summed E-state index contributed by atoms with van der Waals surface area (Å²) in [6, 6.07) is 4.17. The van der Waals surface area contributed by atoms with Gasteiger partial charge in [0.05, 0.1) is 5.69 Å². The second kappa shape index (κ2) is 8.91. The Morgan fingerprint density at radius 2 is 2.11 bits per heavy atom. The van der Waals surface area contributed by atoms with E-state index in [0.717, 1.165) is 12.8 Å². The highest BCUT2D eigenvalue weighted by Crippen LogP contribution is 2.22. The van der Waals surface area contributed by atoms with Gasteiger partial charge >= 0.3 is 12.1 Å². The van der Waals surface area contributed by atoms with Crippen molar-refractivity contribution in [3.05, 3.63) is 28.5 Å². The number of urea groups is 1. The number of benzene rings is 1. The lowest BCUT2D eigenvalue weighted by Gasteiger charge is -2.35. The maximum Gasteiger partial charge on any atom is 0.410 e. The average Bonchev–Trinajstić information content (AvgIpc) is 2.56. The van der Waals surface area contributed by atoms with Crippen molar-refractivity contribution in [2.75, 3.05) is 32.0 Å². The van der Waals surface area contributed by atoms with Crippen molar-refractivity contribution in [2.45, 2.75) is 39.2 Å².